The molecule has 0 aliphatic heterocycles. The molecule has 0 unspecified atom stereocenters. The Morgan fingerprint density at radius 2 is 1.83 bits per heavy atom. The summed E-state index contributed by atoms with van der Waals surface area (Å²) in [6, 6.07) is 11.8. The minimum atomic E-state index is -4.79. The molecule has 0 heterocycles. The van der Waals surface area contributed by atoms with Gasteiger partial charge in [-0.2, -0.15) is 23.7 Å². The molecule has 0 radical (unpaired) electrons. The van der Waals surface area contributed by atoms with E-state index in [1.807, 2.05) is 6.07 Å². The van der Waals surface area contributed by atoms with Crippen LogP contribution in [0, 0.1) is 22.7 Å². The van der Waals surface area contributed by atoms with Crippen molar-refractivity contribution in [1.82, 2.24) is 0 Å². The largest absolute Gasteiger partial charge is 0.490 e. The number of halogens is 3. The van der Waals surface area contributed by atoms with Crippen LogP contribution >= 0.6 is 0 Å². The number of hydrogen-bond donors (Lipinski definition) is 2. The van der Waals surface area contributed by atoms with E-state index < -0.39 is 35.4 Å². The third-order valence-corrected chi connectivity index (χ3v) is 3.88. The van der Waals surface area contributed by atoms with Gasteiger partial charge in [0.05, 0.1) is 28.8 Å². The quantitative estimate of drug-likeness (QED) is 0.722. The van der Waals surface area contributed by atoms with Crippen LogP contribution in [0.5, 0.6) is 5.75 Å². The molecule has 2 N–H and O–H groups in total. The Balaban J connectivity index is 2.17. The second kappa shape index (κ2) is 8.46. The zero-order chi connectivity index (χ0) is 21.7. The Kier molecular flexibility index (Phi) is 6.27. The fraction of sp³-hybridized carbons (Fsp3) is 0.150. The Morgan fingerprint density at radius 3 is 2.34 bits per heavy atom. The van der Waals surface area contributed by atoms with Crippen LogP contribution in [0.15, 0.2) is 55.1 Å². The normalized spacial score (nSPS) is 12.8. The Bertz CT molecular complexity index is 1000. The first kappa shape index (κ1) is 21.5. The smallest absolute Gasteiger partial charge is 0.417 e. The summed E-state index contributed by atoms with van der Waals surface area (Å²) >= 11 is 0. The molecule has 0 saturated carbocycles. The second-order valence-corrected chi connectivity index (χ2v) is 5.88. The molecule has 29 heavy (non-hydrogen) atoms. The SMILES string of the molecule is C=C[C@@](O)(COc1ccc(C#N)cc1)C(=O)Nc1ccc(C#N)c(C(F)(F)F)c1. The molecule has 2 rings (SSSR count). The molecule has 1 amide bonds. The molecule has 6 nitrogen and oxygen atoms in total. The molecule has 9 heteroatoms. The zero-order valence-electron chi connectivity index (χ0n) is 14.8. The lowest BCUT2D eigenvalue weighted by Crippen LogP contribution is -2.46. The number of alkyl halides is 3. The maximum Gasteiger partial charge on any atom is 0.417 e. The van der Waals surface area contributed by atoms with Gasteiger partial charge in [0.1, 0.15) is 12.4 Å². The van der Waals surface area contributed by atoms with Crippen molar-refractivity contribution < 1.29 is 27.8 Å². The predicted octanol–water partition coefficient (Wildman–Crippen LogP) is 3.38. The van der Waals surface area contributed by atoms with E-state index in [0.29, 0.717) is 11.6 Å². The summed E-state index contributed by atoms with van der Waals surface area (Å²) in [6.45, 7) is 2.79. The molecule has 2 aromatic carbocycles. The molecular weight excluding hydrogens is 387 g/mol. The average molecular weight is 401 g/mol. The van der Waals surface area contributed by atoms with Crippen LogP contribution in [0.25, 0.3) is 0 Å². The lowest BCUT2D eigenvalue weighted by Gasteiger charge is -2.23. The Labute approximate surface area is 164 Å². The lowest BCUT2D eigenvalue weighted by atomic mass is 10.0. The summed E-state index contributed by atoms with van der Waals surface area (Å²) in [4.78, 5) is 12.4. The van der Waals surface area contributed by atoms with E-state index in [-0.39, 0.29) is 11.4 Å². The van der Waals surface area contributed by atoms with Crippen molar-refractivity contribution in [2.75, 3.05) is 11.9 Å². The average Bonchev–Trinajstić information content (AvgIpc) is 2.71. The van der Waals surface area contributed by atoms with E-state index in [4.69, 9.17) is 15.3 Å². The van der Waals surface area contributed by atoms with Crippen molar-refractivity contribution in [3.8, 4) is 17.9 Å². The number of benzene rings is 2. The maximum atomic E-state index is 13.0. The van der Waals surface area contributed by atoms with E-state index in [1.54, 1.807) is 0 Å². The molecule has 1 atom stereocenters. The van der Waals surface area contributed by atoms with Crippen molar-refractivity contribution in [2.24, 2.45) is 0 Å². The molecule has 0 saturated heterocycles. The molecule has 0 bridgehead atoms. The first-order valence-corrected chi connectivity index (χ1v) is 8.04. The van der Waals surface area contributed by atoms with Crippen molar-refractivity contribution >= 4 is 11.6 Å². The summed E-state index contributed by atoms with van der Waals surface area (Å²) in [7, 11) is 0. The number of amides is 1. The maximum absolute atomic E-state index is 13.0. The molecule has 148 valence electrons. The topological polar surface area (TPSA) is 106 Å². The number of rotatable bonds is 6. The number of carbonyl (C=O) groups excluding carboxylic acids is 1. The van der Waals surface area contributed by atoms with Gasteiger partial charge in [0.2, 0.25) is 0 Å². The third-order valence-electron chi connectivity index (χ3n) is 3.88. The molecule has 0 aliphatic rings. The molecule has 0 aliphatic carbocycles. The van der Waals surface area contributed by atoms with Crippen LogP contribution in [0.3, 0.4) is 0 Å². The first-order valence-electron chi connectivity index (χ1n) is 8.04. The fourth-order valence-electron chi connectivity index (χ4n) is 2.23. The number of carbonyl (C=O) groups is 1. The van der Waals surface area contributed by atoms with Gasteiger partial charge in [-0.25, -0.2) is 0 Å². The van der Waals surface area contributed by atoms with Gasteiger partial charge in [-0.1, -0.05) is 6.58 Å². The summed E-state index contributed by atoms with van der Waals surface area (Å²) < 4.78 is 44.5. The minimum absolute atomic E-state index is 0.259. The minimum Gasteiger partial charge on any atom is -0.490 e. The number of nitrogens with zero attached hydrogens (tertiary/aromatic N) is 2. The molecule has 0 spiro atoms. The van der Waals surface area contributed by atoms with Gasteiger partial charge in [0, 0.05) is 5.69 Å². The van der Waals surface area contributed by atoms with E-state index in [1.165, 1.54) is 30.3 Å². The molecule has 0 aromatic heterocycles. The highest BCUT2D eigenvalue weighted by Crippen LogP contribution is 2.33. The highest BCUT2D eigenvalue weighted by molar-refractivity contribution is 5.98. The standard InChI is InChI=1S/C20H14F3N3O3/c1-2-19(28,12-29-16-7-3-13(10-24)4-8-16)18(27)26-15-6-5-14(11-25)17(9-15)20(21,22)23/h2-9,28H,1,12H2,(H,26,27)/t19-/m1/s1. The summed E-state index contributed by atoms with van der Waals surface area (Å²) in [5.74, 6) is -0.811. The highest BCUT2D eigenvalue weighted by atomic mass is 19.4. The van der Waals surface area contributed by atoms with Crippen LogP contribution in [-0.4, -0.2) is 23.2 Å². The van der Waals surface area contributed by atoms with Crippen molar-refractivity contribution in [1.29, 1.82) is 10.5 Å². The fourth-order valence-corrected chi connectivity index (χ4v) is 2.23. The van der Waals surface area contributed by atoms with Gasteiger partial charge in [-0.05, 0) is 48.5 Å². The van der Waals surface area contributed by atoms with Gasteiger partial charge in [-0.3, -0.25) is 4.79 Å². The number of anilines is 1. The van der Waals surface area contributed by atoms with Crippen LogP contribution in [0.4, 0.5) is 18.9 Å². The monoisotopic (exact) mass is 401 g/mol. The van der Waals surface area contributed by atoms with Crippen molar-refractivity contribution in [3.63, 3.8) is 0 Å². The number of ether oxygens (including phenoxy) is 1. The summed E-state index contributed by atoms with van der Waals surface area (Å²) in [5, 5.41) is 30.2. The molecular formula is C20H14F3N3O3. The van der Waals surface area contributed by atoms with Gasteiger partial charge >= 0.3 is 6.18 Å². The van der Waals surface area contributed by atoms with E-state index in [2.05, 4.69) is 11.9 Å². The van der Waals surface area contributed by atoms with E-state index in [0.717, 1.165) is 18.2 Å². The van der Waals surface area contributed by atoms with Gasteiger partial charge < -0.3 is 15.2 Å². The summed E-state index contributed by atoms with van der Waals surface area (Å²) in [6.07, 6.45) is -3.90. The van der Waals surface area contributed by atoms with Crippen LogP contribution in [0.1, 0.15) is 16.7 Å². The Hall–Kier alpha value is -3.82. The highest BCUT2D eigenvalue weighted by Gasteiger charge is 2.36. The number of aliphatic hydroxyl groups is 1. The number of nitriles is 2. The lowest BCUT2D eigenvalue weighted by molar-refractivity contribution is -0.138. The predicted molar refractivity (Wildman–Crippen MR) is 96.6 cm³/mol. The van der Waals surface area contributed by atoms with Crippen LogP contribution < -0.4 is 10.1 Å². The number of nitrogens with one attached hydrogen (secondary N) is 1. The summed E-state index contributed by atoms with van der Waals surface area (Å²) in [5.41, 5.74) is -3.94. The van der Waals surface area contributed by atoms with E-state index >= 15 is 0 Å². The second-order valence-electron chi connectivity index (χ2n) is 5.88. The van der Waals surface area contributed by atoms with Crippen molar-refractivity contribution in [2.45, 2.75) is 11.8 Å². The van der Waals surface area contributed by atoms with Crippen molar-refractivity contribution in [3.05, 3.63) is 71.8 Å². The Morgan fingerprint density at radius 1 is 1.17 bits per heavy atom. The first-order chi connectivity index (χ1) is 13.6. The molecule has 0 fully saturated rings. The van der Waals surface area contributed by atoms with Crippen LogP contribution in [0.2, 0.25) is 0 Å². The third kappa shape index (κ3) is 5.12. The van der Waals surface area contributed by atoms with Crippen LogP contribution in [-0.2, 0) is 11.0 Å². The molecule has 2 aromatic rings. The number of hydrogen-bond acceptors (Lipinski definition) is 5. The van der Waals surface area contributed by atoms with Gasteiger partial charge in [0.25, 0.3) is 5.91 Å². The van der Waals surface area contributed by atoms with Gasteiger partial charge in [0.15, 0.2) is 5.60 Å². The zero-order valence-corrected chi connectivity index (χ0v) is 14.8. The van der Waals surface area contributed by atoms with Gasteiger partial charge in [-0.15, -0.1) is 0 Å². The van der Waals surface area contributed by atoms with E-state index in [9.17, 15) is 23.1 Å².